The van der Waals surface area contributed by atoms with Gasteiger partial charge in [0, 0.05) is 31.3 Å². The van der Waals surface area contributed by atoms with Crippen LogP contribution in [0.2, 0.25) is 10.0 Å². The third-order valence-electron chi connectivity index (χ3n) is 4.35. The zero-order chi connectivity index (χ0) is 18.7. The van der Waals surface area contributed by atoms with Crippen LogP contribution in [0.4, 0.5) is 0 Å². The van der Waals surface area contributed by atoms with Gasteiger partial charge in [-0.05, 0) is 23.8 Å². The highest BCUT2D eigenvalue weighted by Gasteiger charge is 2.32. The van der Waals surface area contributed by atoms with Crippen LogP contribution in [-0.4, -0.2) is 36.2 Å². The van der Waals surface area contributed by atoms with E-state index in [0.717, 1.165) is 16.9 Å². The number of hydrogen-bond acceptors (Lipinski definition) is 4. The summed E-state index contributed by atoms with van der Waals surface area (Å²) in [5, 5.41) is 9.96. The molecule has 0 aliphatic carbocycles. The highest BCUT2D eigenvalue weighted by molar-refractivity contribution is 6.42. The number of halogens is 2. The molecule has 26 heavy (non-hydrogen) atoms. The first kappa shape index (κ1) is 18.8. The van der Waals surface area contributed by atoms with Crippen LogP contribution >= 0.6 is 23.2 Å². The minimum atomic E-state index is -0.737. The highest BCUT2D eigenvalue weighted by atomic mass is 35.5. The molecule has 0 saturated carbocycles. The van der Waals surface area contributed by atoms with Crippen LogP contribution in [0, 0.1) is 5.92 Å². The minimum Gasteiger partial charge on any atom is -0.496 e. The first-order valence-electron chi connectivity index (χ1n) is 8.15. The van der Waals surface area contributed by atoms with Gasteiger partial charge < -0.3 is 14.6 Å². The van der Waals surface area contributed by atoms with Gasteiger partial charge >= 0.3 is 5.97 Å². The molecule has 0 aromatic heterocycles. The third kappa shape index (κ3) is 4.41. The van der Waals surface area contributed by atoms with E-state index >= 15 is 0 Å². The largest absolute Gasteiger partial charge is 0.496 e. The Morgan fingerprint density at radius 2 is 1.96 bits per heavy atom. The average molecular weight is 396 g/mol. The van der Waals surface area contributed by atoms with Crippen molar-refractivity contribution in [2.45, 2.75) is 13.2 Å². The maximum atomic E-state index is 10.9. The second kappa shape index (κ2) is 8.16. The molecule has 5 nitrogen and oxygen atoms in total. The van der Waals surface area contributed by atoms with E-state index in [9.17, 15) is 4.79 Å². The van der Waals surface area contributed by atoms with Gasteiger partial charge in [-0.3, -0.25) is 9.69 Å². The Hall–Kier alpha value is -1.95. The Labute approximate surface area is 162 Å². The summed E-state index contributed by atoms with van der Waals surface area (Å²) < 4.78 is 11.3. The van der Waals surface area contributed by atoms with E-state index in [-0.39, 0.29) is 5.92 Å². The number of carboxylic acids is 1. The number of likely N-dealkylation sites (tertiary alicyclic amines) is 1. The summed E-state index contributed by atoms with van der Waals surface area (Å²) in [6, 6.07) is 11.0. The molecule has 0 unspecified atom stereocenters. The predicted molar refractivity (Wildman–Crippen MR) is 100 cm³/mol. The lowest BCUT2D eigenvalue weighted by molar-refractivity contribution is -0.147. The molecular weight excluding hydrogens is 377 g/mol. The Morgan fingerprint density at radius 3 is 2.62 bits per heavy atom. The van der Waals surface area contributed by atoms with Crippen LogP contribution in [0.15, 0.2) is 36.4 Å². The average Bonchev–Trinajstić information content (AvgIpc) is 2.58. The maximum absolute atomic E-state index is 10.9. The standard InChI is InChI=1S/C19H19Cl2NO4/c1-25-18-7-15(26-11-12-2-5-16(20)17(21)6-12)4-3-13(18)8-22-9-14(10-22)19(23)24/h2-7,14H,8-11H2,1H3,(H,23,24). The minimum absolute atomic E-state index is 0.269. The van der Waals surface area contributed by atoms with Gasteiger partial charge in [0.1, 0.15) is 18.1 Å². The Balaban J connectivity index is 1.61. The summed E-state index contributed by atoms with van der Waals surface area (Å²) >= 11 is 11.9. The smallest absolute Gasteiger partial charge is 0.309 e. The van der Waals surface area contributed by atoms with Crippen molar-refractivity contribution in [3.05, 3.63) is 57.6 Å². The van der Waals surface area contributed by atoms with E-state index in [0.29, 0.717) is 42.0 Å². The van der Waals surface area contributed by atoms with Crippen molar-refractivity contribution in [1.29, 1.82) is 0 Å². The van der Waals surface area contributed by atoms with Crippen LogP contribution in [0.3, 0.4) is 0 Å². The first-order chi connectivity index (χ1) is 12.5. The number of carboxylic acid groups (broad SMARTS) is 1. The molecule has 0 atom stereocenters. The second-order valence-corrected chi connectivity index (χ2v) is 7.05. The molecule has 1 aliphatic heterocycles. The zero-order valence-electron chi connectivity index (χ0n) is 14.2. The molecule has 0 bridgehead atoms. The normalized spacial score (nSPS) is 14.7. The van der Waals surface area contributed by atoms with Crippen molar-refractivity contribution in [2.75, 3.05) is 20.2 Å². The molecule has 7 heteroatoms. The molecule has 1 saturated heterocycles. The van der Waals surface area contributed by atoms with Gasteiger partial charge in [-0.2, -0.15) is 0 Å². The molecule has 1 fully saturated rings. The topological polar surface area (TPSA) is 59.0 Å². The fourth-order valence-corrected chi connectivity index (χ4v) is 3.16. The van der Waals surface area contributed by atoms with Gasteiger partial charge in [-0.1, -0.05) is 35.3 Å². The number of aliphatic carboxylic acids is 1. The molecule has 3 rings (SSSR count). The van der Waals surface area contributed by atoms with E-state index in [1.165, 1.54) is 0 Å². The van der Waals surface area contributed by atoms with E-state index in [2.05, 4.69) is 4.90 Å². The van der Waals surface area contributed by atoms with Crippen molar-refractivity contribution in [3.63, 3.8) is 0 Å². The van der Waals surface area contributed by atoms with Gasteiger partial charge in [-0.25, -0.2) is 0 Å². The second-order valence-electron chi connectivity index (χ2n) is 6.24. The van der Waals surface area contributed by atoms with E-state index in [1.807, 2.05) is 24.3 Å². The molecule has 1 aliphatic rings. The highest BCUT2D eigenvalue weighted by Crippen LogP contribution is 2.29. The van der Waals surface area contributed by atoms with Crippen LogP contribution in [0.1, 0.15) is 11.1 Å². The first-order valence-corrected chi connectivity index (χ1v) is 8.90. The van der Waals surface area contributed by atoms with Gasteiger partial charge in [0.2, 0.25) is 0 Å². The lowest BCUT2D eigenvalue weighted by Gasteiger charge is -2.36. The van der Waals surface area contributed by atoms with E-state index in [4.69, 9.17) is 37.8 Å². The Kier molecular flexibility index (Phi) is 5.91. The maximum Gasteiger partial charge on any atom is 0.309 e. The zero-order valence-corrected chi connectivity index (χ0v) is 15.8. The number of methoxy groups -OCH3 is 1. The van der Waals surface area contributed by atoms with Crippen LogP contribution in [0.25, 0.3) is 0 Å². The van der Waals surface area contributed by atoms with Crippen LogP contribution in [0.5, 0.6) is 11.5 Å². The van der Waals surface area contributed by atoms with E-state index in [1.54, 1.807) is 19.2 Å². The molecule has 1 N–H and O–H groups in total. The Morgan fingerprint density at radius 1 is 1.19 bits per heavy atom. The van der Waals surface area contributed by atoms with Crippen molar-refractivity contribution in [1.82, 2.24) is 4.90 Å². The SMILES string of the molecule is COc1cc(OCc2ccc(Cl)c(Cl)c2)ccc1CN1CC(C(=O)O)C1. The number of rotatable bonds is 7. The molecule has 138 valence electrons. The van der Waals surface area contributed by atoms with Crippen LogP contribution < -0.4 is 9.47 Å². The van der Waals surface area contributed by atoms with Crippen molar-refractivity contribution in [3.8, 4) is 11.5 Å². The number of nitrogens with zero attached hydrogens (tertiary/aromatic N) is 1. The monoisotopic (exact) mass is 395 g/mol. The number of benzene rings is 2. The number of hydrogen-bond donors (Lipinski definition) is 1. The Bertz CT molecular complexity index is 806. The molecule has 2 aromatic rings. The molecule has 2 aromatic carbocycles. The molecule has 0 radical (unpaired) electrons. The lowest BCUT2D eigenvalue weighted by atomic mass is 9.99. The van der Waals surface area contributed by atoms with Gasteiger partial charge in [0.05, 0.1) is 23.1 Å². The fourth-order valence-electron chi connectivity index (χ4n) is 2.84. The van der Waals surface area contributed by atoms with Gasteiger partial charge in [-0.15, -0.1) is 0 Å². The summed E-state index contributed by atoms with van der Waals surface area (Å²) in [6.45, 7) is 2.15. The van der Waals surface area contributed by atoms with Crippen LogP contribution in [-0.2, 0) is 17.9 Å². The summed E-state index contributed by atoms with van der Waals surface area (Å²) in [4.78, 5) is 13.0. The summed E-state index contributed by atoms with van der Waals surface area (Å²) in [7, 11) is 1.61. The van der Waals surface area contributed by atoms with E-state index < -0.39 is 5.97 Å². The number of carbonyl (C=O) groups is 1. The van der Waals surface area contributed by atoms with Crippen molar-refractivity contribution in [2.24, 2.45) is 5.92 Å². The summed E-state index contributed by atoms with van der Waals surface area (Å²) in [5.74, 6) is 0.396. The lowest BCUT2D eigenvalue weighted by Crippen LogP contribution is -2.49. The van der Waals surface area contributed by atoms with Gasteiger partial charge in [0.15, 0.2) is 0 Å². The number of ether oxygens (including phenoxy) is 2. The van der Waals surface area contributed by atoms with Crippen molar-refractivity contribution >= 4 is 29.2 Å². The van der Waals surface area contributed by atoms with Crippen molar-refractivity contribution < 1.29 is 19.4 Å². The summed E-state index contributed by atoms with van der Waals surface area (Å²) in [6.07, 6.45) is 0. The fraction of sp³-hybridized carbons (Fsp3) is 0.316. The third-order valence-corrected chi connectivity index (χ3v) is 5.09. The quantitative estimate of drug-likeness (QED) is 0.764. The van der Waals surface area contributed by atoms with Gasteiger partial charge in [0.25, 0.3) is 0 Å². The molecule has 0 spiro atoms. The summed E-state index contributed by atoms with van der Waals surface area (Å²) in [5.41, 5.74) is 1.92. The molecule has 1 heterocycles. The predicted octanol–water partition coefficient (Wildman–Crippen LogP) is 4.10. The molecule has 0 amide bonds. The molecular formula is C19H19Cl2NO4.